The zero-order valence-electron chi connectivity index (χ0n) is 15.1. The molecule has 8 heteroatoms. The fourth-order valence-corrected chi connectivity index (χ4v) is 4.46. The Balaban J connectivity index is 1.80. The molecule has 2 atom stereocenters. The van der Waals surface area contributed by atoms with Crippen molar-refractivity contribution in [2.24, 2.45) is 5.92 Å². The quantitative estimate of drug-likeness (QED) is 0.786. The van der Waals surface area contributed by atoms with Crippen LogP contribution in [0.25, 0.3) is 0 Å². The van der Waals surface area contributed by atoms with Crippen LogP contribution >= 0.6 is 11.3 Å². The van der Waals surface area contributed by atoms with E-state index in [1.54, 1.807) is 18.3 Å². The molecule has 1 saturated heterocycles. The van der Waals surface area contributed by atoms with Crippen molar-refractivity contribution >= 4 is 29.2 Å². The van der Waals surface area contributed by atoms with E-state index in [1.807, 2.05) is 25.3 Å². The number of nitrogens with one attached hydrogen (secondary N) is 2. The van der Waals surface area contributed by atoms with Gasteiger partial charge in [0.1, 0.15) is 17.6 Å². The fourth-order valence-electron chi connectivity index (χ4n) is 3.46. The van der Waals surface area contributed by atoms with Gasteiger partial charge in [0.2, 0.25) is 5.91 Å². The number of nitrogens with zero attached hydrogens (tertiary/aromatic N) is 2. The van der Waals surface area contributed by atoms with E-state index >= 15 is 0 Å². The summed E-state index contributed by atoms with van der Waals surface area (Å²) in [5.74, 6) is -1.03. The van der Waals surface area contributed by atoms with E-state index in [0.717, 1.165) is 28.2 Å². The Morgan fingerprint density at radius 1 is 1.54 bits per heavy atom. The van der Waals surface area contributed by atoms with Crippen molar-refractivity contribution in [2.75, 3.05) is 6.54 Å². The van der Waals surface area contributed by atoms with Crippen molar-refractivity contribution in [3.05, 3.63) is 21.9 Å². The minimum Gasteiger partial charge on any atom is -0.336 e. The van der Waals surface area contributed by atoms with Crippen molar-refractivity contribution < 1.29 is 14.4 Å². The number of aryl methyl sites for hydroxylation is 1. The van der Waals surface area contributed by atoms with Crippen LogP contribution in [0.2, 0.25) is 0 Å². The lowest BCUT2D eigenvalue weighted by atomic mass is 9.80. The maximum Gasteiger partial charge on any atom is 0.325 e. The first-order chi connectivity index (χ1) is 12.2. The number of imide groups is 1. The van der Waals surface area contributed by atoms with Gasteiger partial charge < -0.3 is 10.6 Å². The van der Waals surface area contributed by atoms with Crippen LogP contribution in [0, 0.1) is 17.2 Å². The van der Waals surface area contributed by atoms with Gasteiger partial charge in [0.15, 0.2) is 0 Å². The number of urea groups is 1. The Morgan fingerprint density at radius 3 is 2.92 bits per heavy atom. The van der Waals surface area contributed by atoms with E-state index in [4.69, 9.17) is 0 Å². The summed E-state index contributed by atoms with van der Waals surface area (Å²) in [6.07, 6.45) is 2.23. The molecule has 2 heterocycles. The standard InChI is InChI=1S/C18H22N4O3S/c1-11(2)17(3,10-19)20-14(23)9-22-15(24)18(21-16(22)25)7-4-5-13-12(18)6-8-26-13/h6,8,11H,4-5,7,9H2,1-3H3,(H,20,23)(H,21,25). The van der Waals surface area contributed by atoms with Crippen LogP contribution in [0.15, 0.2) is 11.4 Å². The Morgan fingerprint density at radius 2 is 2.27 bits per heavy atom. The summed E-state index contributed by atoms with van der Waals surface area (Å²) in [7, 11) is 0. The highest BCUT2D eigenvalue weighted by Gasteiger charge is 2.54. The summed E-state index contributed by atoms with van der Waals surface area (Å²) >= 11 is 1.58. The van der Waals surface area contributed by atoms with Crippen molar-refractivity contribution in [1.29, 1.82) is 5.26 Å². The van der Waals surface area contributed by atoms with Crippen LogP contribution in [0.5, 0.6) is 0 Å². The molecule has 4 amide bonds. The van der Waals surface area contributed by atoms with Crippen molar-refractivity contribution in [2.45, 2.75) is 51.1 Å². The second-order valence-electron chi connectivity index (χ2n) is 7.35. The molecule has 3 rings (SSSR count). The van der Waals surface area contributed by atoms with Crippen molar-refractivity contribution in [3.8, 4) is 6.07 Å². The van der Waals surface area contributed by atoms with Crippen LogP contribution in [-0.4, -0.2) is 34.8 Å². The summed E-state index contributed by atoms with van der Waals surface area (Å²) < 4.78 is 0. The fraction of sp³-hybridized carbons (Fsp3) is 0.556. The average Bonchev–Trinajstić information content (AvgIpc) is 3.15. The molecule has 1 fully saturated rings. The van der Waals surface area contributed by atoms with Gasteiger partial charge in [-0.1, -0.05) is 13.8 Å². The highest BCUT2D eigenvalue weighted by atomic mass is 32.1. The number of nitriles is 1. The van der Waals surface area contributed by atoms with Crippen LogP contribution in [0.4, 0.5) is 4.79 Å². The van der Waals surface area contributed by atoms with E-state index in [0.29, 0.717) is 6.42 Å². The lowest BCUT2D eigenvalue weighted by Gasteiger charge is -2.31. The van der Waals surface area contributed by atoms with E-state index in [9.17, 15) is 19.6 Å². The highest BCUT2D eigenvalue weighted by Crippen LogP contribution is 2.42. The second-order valence-corrected chi connectivity index (χ2v) is 8.36. The van der Waals surface area contributed by atoms with Gasteiger partial charge in [0.25, 0.3) is 5.91 Å². The van der Waals surface area contributed by atoms with Gasteiger partial charge in [-0.2, -0.15) is 5.26 Å². The Labute approximate surface area is 156 Å². The lowest BCUT2D eigenvalue weighted by molar-refractivity contribution is -0.136. The molecule has 1 aliphatic heterocycles. The molecule has 2 N–H and O–H groups in total. The van der Waals surface area contributed by atoms with Gasteiger partial charge in [-0.3, -0.25) is 14.5 Å². The van der Waals surface area contributed by atoms with Crippen molar-refractivity contribution in [3.63, 3.8) is 0 Å². The third kappa shape index (κ3) is 2.76. The Kier molecular flexibility index (Phi) is 4.53. The summed E-state index contributed by atoms with van der Waals surface area (Å²) in [4.78, 5) is 40.0. The highest BCUT2D eigenvalue weighted by molar-refractivity contribution is 7.10. The molecular weight excluding hydrogens is 352 g/mol. The van der Waals surface area contributed by atoms with Gasteiger partial charge in [0.05, 0.1) is 6.07 Å². The minimum absolute atomic E-state index is 0.113. The van der Waals surface area contributed by atoms with Crippen molar-refractivity contribution in [1.82, 2.24) is 15.5 Å². The molecule has 2 aliphatic rings. The van der Waals surface area contributed by atoms with Gasteiger partial charge in [-0.05, 0) is 43.6 Å². The zero-order chi connectivity index (χ0) is 19.1. The van der Waals surface area contributed by atoms with Crippen LogP contribution < -0.4 is 10.6 Å². The third-order valence-corrected chi connectivity index (χ3v) is 6.41. The van der Waals surface area contributed by atoms with Crippen LogP contribution in [-0.2, 0) is 21.5 Å². The Hall–Kier alpha value is -2.40. The predicted octanol–water partition coefficient (Wildman–Crippen LogP) is 1.89. The number of fused-ring (bicyclic) bond motifs is 2. The number of thiophene rings is 1. The van der Waals surface area contributed by atoms with E-state index in [-0.39, 0.29) is 11.8 Å². The molecular formula is C18H22N4O3S. The molecule has 1 spiro atoms. The maximum absolute atomic E-state index is 13.1. The normalized spacial score (nSPS) is 24.2. The smallest absolute Gasteiger partial charge is 0.325 e. The molecule has 1 aromatic heterocycles. The first-order valence-corrected chi connectivity index (χ1v) is 9.54. The predicted molar refractivity (Wildman–Crippen MR) is 96.2 cm³/mol. The summed E-state index contributed by atoms with van der Waals surface area (Å²) in [5.41, 5.74) is -1.26. The minimum atomic E-state index is -1.06. The SMILES string of the molecule is CC(C)C(C)(C#N)NC(=O)CN1C(=O)NC2(CCCc3sccc32)C1=O. The molecule has 0 bridgehead atoms. The van der Waals surface area contributed by atoms with E-state index in [1.165, 1.54) is 0 Å². The number of rotatable bonds is 4. The largest absolute Gasteiger partial charge is 0.336 e. The molecule has 0 aromatic carbocycles. The summed E-state index contributed by atoms with van der Waals surface area (Å²) in [5, 5.41) is 16.7. The molecule has 0 radical (unpaired) electrons. The second kappa shape index (κ2) is 6.40. The Bertz CT molecular complexity index is 812. The summed E-state index contributed by atoms with van der Waals surface area (Å²) in [6, 6.07) is 3.41. The molecule has 1 aliphatic carbocycles. The molecule has 7 nitrogen and oxygen atoms in total. The van der Waals surface area contributed by atoms with Gasteiger partial charge >= 0.3 is 6.03 Å². The van der Waals surface area contributed by atoms with Crippen LogP contribution in [0.3, 0.4) is 0 Å². The van der Waals surface area contributed by atoms with Gasteiger partial charge in [-0.15, -0.1) is 11.3 Å². The number of carbonyl (C=O) groups is 3. The average molecular weight is 374 g/mol. The third-order valence-electron chi connectivity index (χ3n) is 5.42. The van der Waals surface area contributed by atoms with Gasteiger partial charge in [-0.25, -0.2) is 4.79 Å². The molecule has 2 unspecified atom stereocenters. The monoisotopic (exact) mass is 374 g/mol. The first-order valence-electron chi connectivity index (χ1n) is 8.67. The lowest BCUT2D eigenvalue weighted by Crippen LogP contribution is -2.53. The topological polar surface area (TPSA) is 102 Å². The molecule has 0 saturated carbocycles. The number of hydrogen-bond donors (Lipinski definition) is 2. The zero-order valence-corrected chi connectivity index (χ0v) is 15.9. The number of amides is 4. The number of carbonyl (C=O) groups excluding carboxylic acids is 3. The number of hydrogen-bond acceptors (Lipinski definition) is 5. The maximum atomic E-state index is 13.1. The van der Waals surface area contributed by atoms with Gasteiger partial charge in [0, 0.05) is 10.4 Å². The molecule has 1 aromatic rings. The molecule has 26 heavy (non-hydrogen) atoms. The van der Waals surface area contributed by atoms with Crippen LogP contribution in [0.1, 0.15) is 44.1 Å². The van der Waals surface area contributed by atoms with E-state index < -0.39 is 29.6 Å². The summed E-state index contributed by atoms with van der Waals surface area (Å²) in [6.45, 7) is 4.89. The molecule has 138 valence electrons. The van der Waals surface area contributed by atoms with E-state index in [2.05, 4.69) is 16.7 Å². The first kappa shape index (κ1) is 18.4.